The van der Waals surface area contributed by atoms with E-state index in [1.54, 1.807) is 4.90 Å². The first-order chi connectivity index (χ1) is 8.11. The number of amides is 1. The zero-order chi connectivity index (χ0) is 14.0. The lowest BCUT2D eigenvalue weighted by Gasteiger charge is -2.37. The summed E-state index contributed by atoms with van der Waals surface area (Å²) in [5, 5.41) is 0. The molecule has 4 heteroatoms. The molecular formula is C14H26FNO2. The summed E-state index contributed by atoms with van der Waals surface area (Å²) in [6, 6.07) is 0. The van der Waals surface area contributed by atoms with Crippen LogP contribution in [0.5, 0.6) is 0 Å². The van der Waals surface area contributed by atoms with E-state index in [9.17, 15) is 9.18 Å². The maximum Gasteiger partial charge on any atom is 0.410 e. The lowest BCUT2D eigenvalue weighted by Crippen LogP contribution is -2.46. The van der Waals surface area contributed by atoms with Gasteiger partial charge in [0.2, 0.25) is 0 Å². The maximum absolute atomic E-state index is 14.4. The highest BCUT2D eigenvalue weighted by Gasteiger charge is 2.37. The number of nitrogens with zero attached hydrogens (tertiary/aromatic N) is 1. The highest BCUT2D eigenvalue weighted by molar-refractivity contribution is 5.68. The van der Waals surface area contributed by atoms with Crippen LogP contribution >= 0.6 is 0 Å². The number of likely N-dealkylation sites (tertiary alicyclic amines) is 1. The van der Waals surface area contributed by atoms with Gasteiger partial charge in [-0.25, -0.2) is 9.18 Å². The SMILES string of the molecule is CC(C)CC1(F)CCN(C(=O)OC(C)(C)C)CC1. The van der Waals surface area contributed by atoms with E-state index in [1.165, 1.54) is 0 Å². The molecule has 1 aliphatic heterocycles. The largest absolute Gasteiger partial charge is 0.444 e. The Kier molecular flexibility index (Phi) is 4.62. The molecule has 0 unspecified atom stereocenters. The van der Waals surface area contributed by atoms with Gasteiger partial charge < -0.3 is 9.64 Å². The molecule has 0 aromatic carbocycles. The Balaban J connectivity index is 2.46. The van der Waals surface area contributed by atoms with Gasteiger partial charge in [0.15, 0.2) is 0 Å². The molecule has 1 amide bonds. The summed E-state index contributed by atoms with van der Waals surface area (Å²) in [6.45, 7) is 10.5. The van der Waals surface area contributed by atoms with Crippen molar-refractivity contribution in [3.8, 4) is 0 Å². The van der Waals surface area contributed by atoms with Gasteiger partial charge in [-0.2, -0.15) is 0 Å². The predicted molar refractivity (Wildman–Crippen MR) is 70.3 cm³/mol. The van der Waals surface area contributed by atoms with Crippen LogP contribution in [0.2, 0.25) is 0 Å². The Morgan fingerprint density at radius 3 is 2.22 bits per heavy atom. The smallest absolute Gasteiger partial charge is 0.410 e. The number of carbonyl (C=O) groups excluding carboxylic acids is 1. The minimum atomic E-state index is -1.10. The molecule has 1 rings (SSSR count). The molecule has 0 N–H and O–H groups in total. The number of halogens is 1. The fourth-order valence-corrected chi connectivity index (χ4v) is 2.35. The molecule has 0 aromatic heterocycles. The summed E-state index contributed by atoms with van der Waals surface area (Å²) in [6.07, 6.45) is 1.10. The number of piperidine rings is 1. The van der Waals surface area contributed by atoms with Crippen molar-refractivity contribution >= 4 is 6.09 Å². The summed E-state index contributed by atoms with van der Waals surface area (Å²) >= 11 is 0. The number of carbonyl (C=O) groups is 1. The fourth-order valence-electron chi connectivity index (χ4n) is 2.35. The highest BCUT2D eigenvalue weighted by Crippen LogP contribution is 2.33. The molecule has 106 valence electrons. The van der Waals surface area contributed by atoms with E-state index in [2.05, 4.69) is 0 Å². The average molecular weight is 259 g/mol. The molecule has 0 radical (unpaired) electrons. The first-order valence-electron chi connectivity index (χ1n) is 6.78. The van der Waals surface area contributed by atoms with Crippen LogP contribution in [0.1, 0.15) is 53.9 Å². The molecule has 0 bridgehead atoms. The van der Waals surface area contributed by atoms with Crippen LogP contribution in [0.4, 0.5) is 9.18 Å². The second kappa shape index (κ2) is 5.45. The van der Waals surface area contributed by atoms with Gasteiger partial charge >= 0.3 is 6.09 Å². The average Bonchev–Trinajstić information content (AvgIpc) is 2.13. The molecule has 0 saturated carbocycles. The maximum atomic E-state index is 14.4. The van der Waals surface area contributed by atoms with Crippen LogP contribution in [0, 0.1) is 5.92 Å². The number of hydrogen-bond donors (Lipinski definition) is 0. The Morgan fingerprint density at radius 1 is 1.33 bits per heavy atom. The first-order valence-corrected chi connectivity index (χ1v) is 6.78. The zero-order valence-electron chi connectivity index (χ0n) is 12.3. The van der Waals surface area contributed by atoms with Crippen molar-refractivity contribution < 1.29 is 13.9 Å². The molecule has 3 nitrogen and oxygen atoms in total. The van der Waals surface area contributed by atoms with E-state index < -0.39 is 11.3 Å². The van der Waals surface area contributed by atoms with Gasteiger partial charge in [-0.15, -0.1) is 0 Å². The van der Waals surface area contributed by atoms with E-state index >= 15 is 0 Å². The molecule has 0 aliphatic carbocycles. The number of rotatable bonds is 2. The lowest BCUT2D eigenvalue weighted by molar-refractivity contribution is -0.00121. The molecule has 0 spiro atoms. The van der Waals surface area contributed by atoms with Crippen LogP contribution in [-0.4, -0.2) is 35.4 Å². The standard InChI is InChI=1S/C14H26FNO2/c1-11(2)10-14(15)6-8-16(9-7-14)12(17)18-13(3,4)5/h11H,6-10H2,1-5H3. The topological polar surface area (TPSA) is 29.5 Å². The van der Waals surface area contributed by atoms with Crippen molar-refractivity contribution in [3.05, 3.63) is 0 Å². The lowest BCUT2D eigenvalue weighted by atomic mass is 9.86. The van der Waals surface area contributed by atoms with Crippen molar-refractivity contribution in [2.45, 2.75) is 65.2 Å². The van der Waals surface area contributed by atoms with E-state index in [0.717, 1.165) is 0 Å². The van der Waals surface area contributed by atoms with Gasteiger partial charge in [0.05, 0.1) is 0 Å². The first kappa shape index (κ1) is 15.3. The van der Waals surface area contributed by atoms with Gasteiger partial charge in [0.1, 0.15) is 11.3 Å². The van der Waals surface area contributed by atoms with E-state index in [-0.39, 0.29) is 6.09 Å². The third kappa shape index (κ3) is 4.83. The Morgan fingerprint density at radius 2 is 1.83 bits per heavy atom. The third-order valence-corrected chi connectivity index (χ3v) is 3.09. The Labute approximate surface area is 110 Å². The molecule has 0 atom stereocenters. The van der Waals surface area contributed by atoms with Gasteiger partial charge in [-0.1, -0.05) is 13.8 Å². The molecule has 1 fully saturated rings. The number of hydrogen-bond acceptors (Lipinski definition) is 2. The fraction of sp³-hybridized carbons (Fsp3) is 0.929. The monoisotopic (exact) mass is 259 g/mol. The zero-order valence-corrected chi connectivity index (χ0v) is 12.3. The Hall–Kier alpha value is -0.800. The predicted octanol–water partition coefficient (Wildman–Crippen LogP) is 3.77. The molecule has 1 heterocycles. The summed E-state index contributed by atoms with van der Waals surface area (Å²) < 4.78 is 19.7. The highest BCUT2D eigenvalue weighted by atomic mass is 19.1. The number of ether oxygens (including phenoxy) is 1. The van der Waals surface area contributed by atoms with Gasteiger partial charge in [-0.05, 0) is 46.0 Å². The van der Waals surface area contributed by atoms with Crippen LogP contribution in [-0.2, 0) is 4.74 Å². The summed E-state index contributed by atoms with van der Waals surface area (Å²) in [5.74, 6) is 0.350. The van der Waals surface area contributed by atoms with E-state index in [4.69, 9.17) is 4.74 Å². The van der Waals surface area contributed by atoms with E-state index in [1.807, 2.05) is 34.6 Å². The van der Waals surface area contributed by atoms with Crippen molar-refractivity contribution in [2.24, 2.45) is 5.92 Å². The minimum Gasteiger partial charge on any atom is -0.444 e. The molecule has 1 saturated heterocycles. The van der Waals surface area contributed by atoms with Crippen molar-refractivity contribution in [1.82, 2.24) is 4.90 Å². The third-order valence-electron chi connectivity index (χ3n) is 3.09. The minimum absolute atomic E-state index is 0.325. The van der Waals surface area contributed by atoms with Crippen LogP contribution < -0.4 is 0 Å². The molecule has 18 heavy (non-hydrogen) atoms. The van der Waals surface area contributed by atoms with Gasteiger partial charge in [0.25, 0.3) is 0 Å². The molecule has 0 aromatic rings. The summed E-state index contributed by atoms with van der Waals surface area (Å²) in [7, 11) is 0. The summed E-state index contributed by atoms with van der Waals surface area (Å²) in [4.78, 5) is 13.4. The summed E-state index contributed by atoms with van der Waals surface area (Å²) in [5.41, 5.74) is -1.59. The van der Waals surface area contributed by atoms with Crippen LogP contribution in [0.25, 0.3) is 0 Å². The van der Waals surface area contributed by atoms with Gasteiger partial charge in [0, 0.05) is 13.1 Å². The molecular weight excluding hydrogens is 233 g/mol. The normalized spacial score (nSPS) is 20.1. The second-order valence-electron chi connectivity index (χ2n) is 6.72. The van der Waals surface area contributed by atoms with Crippen molar-refractivity contribution in [2.75, 3.05) is 13.1 Å². The van der Waals surface area contributed by atoms with Crippen LogP contribution in [0.3, 0.4) is 0 Å². The van der Waals surface area contributed by atoms with Crippen molar-refractivity contribution in [3.63, 3.8) is 0 Å². The quantitative estimate of drug-likeness (QED) is 0.755. The molecule has 1 aliphatic rings. The second-order valence-corrected chi connectivity index (χ2v) is 6.72. The number of alkyl halides is 1. The Bertz CT molecular complexity index is 289. The van der Waals surface area contributed by atoms with Crippen molar-refractivity contribution in [1.29, 1.82) is 0 Å². The van der Waals surface area contributed by atoms with Crippen LogP contribution in [0.15, 0.2) is 0 Å². The van der Waals surface area contributed by atoms with Gasteiger partial charge in [-0.3, -0.25) is 0 Å². The van der Waals surface area contributed by atoms with E-state index in [0.29, 0.717) is 38.3 Å².